The Morgan fingerprint density at radius 3 is 2.54 bits per heavy atom. The first-order valence-electron chi connectivity index (χ1n) is 6.34. The van der Waals surface area contributed by atoms with Crippen molar-refractivity contribution in [2.24, 2.45) is 5.73 Å². The van der Waals surface area contributed by atoms with Gasteiger partial charge in [-0.3, -0.25) is 23.7 Å². The summed E-state index contributed by atoms with van der Waals surface area (Å²) in [5.74, 6) is -4.33. The van der Waals surface area contributed by atoms with E-state index in [0.29, 0.717) is 4.88 Å². The Hall–Kier alpha value is -2.51. The molecule has 0 radical (unpaired) electrons. The number of rotatable bonds is 5. The van der Waals surface area contributed by atoms with Crippen molar-refractivity contribution >= 4 is 45.3 Å². The molecule has 13 heteroatoms. The summed E-state index contributed by atoms with van der Waals surface area (Å²) >= 11 is 1.11. The first kappa shape index (κ1) is 17.8. The van der Waals surface area contributed by atoms with Crippen molar-refractivity contribution < 1.29 is 32.1 Å². The third-order valence-electron chi connectivity index (χ3n) is 3.08. The van der Waals surface area contributed by atoms with Crippen molar-refractivity contribution in [3.63, 3.8) is 0 Å². The normalized spacial score (nSPS) is 18.5. The number of nitrogens with one attached hydrogen (secondary N) is 2. The van der Waals surface area contributed by atoms with Gasteiger partial charge in [-0.05, 0) is 11.4 Å². The second-order valence-corrected chi connectivity index (χ2v) is 7.01. The van der Waals surface area contributed by atoms with Crippen LogP contribution in [0.1, 0.15) is 10.9 Å². The van der Waals surface area contributed by atoms with Crippen LogP contribution in [0.5, 0.6) is 0 Å². The molecule has 1 fully saturated rings. The zero-order valence-electron chi connectivity index (χ0n) is 11.8. The van der Waals surface area contributed by atoms with Gasteiger partial charge >= 0.3 is 22.1 Å². The van der Waals surface area contributed by atoms with Gasteiger partial charge < -0.3 is 16.4 Å². The predicted octanol–water partition coefficient (Wildman–Crippen LogP) is -2.48. The highest BCUT2D eigenvalue weighted by molar-refractivity contribution is 7.84. The van der Waals surface area contributed by atoms with Crippen molar-refractivity contribution in [2.45, 2.75) is 12.1 Å². The van der Waals surface area contributed by atoms with Crippen molar-refractivity contribution in [3.05, 3.63) is 22.4 Å². The maximum absolute atomic E-state index is 12.3. The summed E-state index contributed by atoms with van der Waals surface area (Å²) in [5, 5.41) is 5.98. The van der Waals surface area contributed by atoms with Crippen LogP contribution in [0.25, 0.3) is 0 Å². The number of nitrogens with two attached hydrogens (primary N) is 1. The zero-order valence-corrected chi connectivity index (χ0v) is 13.5. The molecule has 0 saturated carbocycles. The molecule has 0 spiro atoms. The molecule has 5 N–H and O–H groups in total. The second-order valence-electron chi connectivity index (χ2n) is 4.69. The van der Waals surface area contributed by atoms with E-state index >= 15 is 0 Å². The molecule has 2 heterocycles. The fourth-order valence-corrected chi connectivity index (χ4v) is 3.35. The largest absolute Gasteiger partial charge is 0.362 e. The zero-order chi connectivity index (χ0) is 18.1. The van der Waals surface area contributed by atoms with Crippen LogP contribution in [0, 0.1) is 0 Å². The summed E-state index contributed by atoms with van der Waals surface area (Å²) in [5.41, 5.74) is 4.83. The minimum atomic E-state index is -4.67. The van der Waals surface area contributed by atoms with E-state index in [9.17, 15) is 27.6 Å². The molecule has 1 aromatic rings. The summed E-state index contributed by atoms with van der Waals surface area (Å²) in [4.78, 5) is 46.5. The van der Waals surface area contributed by atoms with Crippen LogP contribution in [0.15, 0.2) is 17.5 Å². The van der Waals surface area contributed by atoms with Crippen LogP contribution in [-0.2, 0) is 29.5 Å². The first-order valence-corrected chi connectivity index (χ1v) is 8.62. The molecule has 1 aliphatic heterocycles. The molecule has 2 rings (SSSR count). The summed E-state index contributed by atoms with van der Waals surface area (Å²) < 4.78 is 30.6. The fourth-order valence-electron chi connectivity index (χ4n) is 1.89. The van der Waals surface area contributed by atoms with Crippen LogP contribution < -0.4 is 16.4 Å². The van der Waals surface area contributed by atoms with E-state index < -0.39 is 52.6 Å². The van der Waals surface area contributed by atoms with Crippen LogP contribution in [0.3, 0.4) is 0 Å². The number of β-lactam (4-membered cyclic amide) rings is 1. The highest BCUT2D eigenvalue weighted by Gasteiger charge is 2.45. The van der Waals surface area contributed by atoms with E-state index in [4.69, 9.17) is 10.3 Å². The number of amides is 4. The van der Waals surface area contributed by atoms with Crippen molar-refractivity contribution in [1.82, 2.24) is 14.9 Å². The van der Waals surface area contributed by atoms with Gasteiger partial charge in [0.2, 0.25) is 5.91 Å². The number of hydrogen-bond acceptors (Lipinski definition) is 7. The molecule has 11 nitrogen and oxygen atoms in total. The highest BCUT2D eigenvalue weighted by atomic mass is 32.2. The van der Waals surface area contributed by atoms with Crippen LogP contribution in [0.2, 0.25) is 0 Å². The maximum atomic E-state index is 12.3. The van der Waals surface area contributed by atoms with Crippen molar-refractivity contribution in [1.29, 1.82) is 0 Å². The topological polar surface area (TPSA) is 176 Å². The lowest BCUT2D eigenvalue weighted by Crippen LogP contribution is -2.66. The van der Waals surface area contributed by atoms with E-state index in [2.05, 4.69) is 10.6 Å². The van der Waals surface area contributed by atoms with E-state index in [1.807, 2.05) is 0 Å². The number of hydrogen-bond donors (Lipinski definition) is 4. The fraction of sp³-hybridized carbons (Fsp3) is 0.273. The third-order valence-corrected chi connectivity index (χ3v) is 4.90. The molecule has 0 bridgehead atoms. The number of primary amides is 1. The molecule has 0 aromatic carbocycles. The lowest BCUT2D eigenvalue weighted by Gasteiger charge is -2.35. The first-order chi connectivity index (χ1) is 11.1. The molecule has 1 aromatic heterocycles. The van der Waals surface area contributed by atoms with Gasteiger partial charge in [0.15, 0.2) is 0 Å². The molecule has 1 unspecified atom stereocenters. The third kappa shape index (κ3) is 3.69. The average molecular weight is 376 g/mol. The van der Waals surface area contributed by atoms with Crippen LogP contribution in [0.4, 0.5) is 0 Å². The number of thiophene rings is 1. The molecule has 1 saturated heterocycles. The van der Waals surface area contributed by atoms with Gasteiger partial charge in [-0.1, -0.05) is 6.07 Å². The van der Waals surface area contributed by atoms with E-state index in [1.165, 1.54) is 6.07 Å². The molecule has 130 valence electrons. The van der Waals surface area contributed by atoms with Gasteiger partial charge in [-0.25, -0.2) is 4.31 Å². The lowest BCUT2D eigenvalue weighted by molar-refractivity contribution is -0.142. The maximum Gasteiger partial charge on any atom is 0.362 e. The van der Waals surface area contributed by atoms with Gasteiger partial charge in [-0.2, -0.15) is 8.42 Å². The van der Waals surface area contributed by atoms with Crippen LogP contribution >= 0.6 is 11.3 Å². The Labute approximate surface area is 139 Å². The Morgan fingerprint density at radius 2 is 2.08 bits per heavy atom. The highest BCUT2D eigenvalue weighted by Crippen LogP contribution is 2.21. The molecule has 2 atom stereocenters. The van der Waals surface area contributed by atoms with E-state index in [1.54, 1.807) is 11.4 Å². The quantitative estimate of drug-likeness (QED) is 0.250. The van der Waals surface area contributed by atoms with Crippen molar-refractivity contribution in [3.8, 4) is 0 Å². The number of nitrogens with zero attached hydrogens (tertiary/aromatic N) is 1. The standard InChI is InChI=1S/C11H12N4O7S2/c12-8(16)10(18)14-7(6-2-1-3-23-6)9(17)13-5-4-15(11(5)19)24(20,21)22/h1-3,5,7H,4H2,(H2,12,16)(H,13,17)(H,14,18)(H,20,21,22)/t5-,7?/m0/s1. The summed E-state index contributed by atoms with van der Waals surface area (Å²) in [7, 11) is -4.67. The van der Waals surface area contributed by atoms with Gasteiger partial charge in [0.25, 0.3) is 5.91 Å². The Morgan fingerprint density at radius 1 is 1.42 bits per heavy atom. The van der Waals surface area contributed by atoms with Gasteiger partial charge in [0.1, 0.15) is 12.1 Å². The molecular formula is C11H12N4O7S2. The molecule has 1 aliphatic rings. The van der Waals surface area contributed by atoms with Gasteiger partial charge in [0.05, 0.1) is 6.54 Å². The van der Waals surface area contributed by atoms with E-state index in [-0.39, 0.29) is 4.31 Å². The Kier molecular flexibility index (Phi) is 4.86. The Balaban J connectivity index is 2.08. The number of carbonyl (C=O) groups is 4. The lowest BCUT2D eigenvalue weighted by atomic mass is 10.1. The van der Waals surface area contributed by atoms with Gasteiger partial charge in [-0.15, -0.1) is 11.3 Å². The average Bonchev–Trinajstić information content (AvgIpc) is 3.00. The SMILES string of the molecule is NC(=O)C(=O)NC(C(=O)N[C@H]1CN(S(=O)(=O)O)C1=O)c1cccs1. The number of carbonyl (C=O) groups excluding carboxylic acids is 4. The summed E-state index contributed by atoms with van der Waals surface area (Å²) in [6.07, 6.45) is 0. The molecule has 24 heavy (non-hydrogen) atoms. The van der Waals surface area contributed by atoms with E-state index in [0.717, 1.165) is 11.3 Å². The minimum Gasteiger partial charge on any atom is -0.361 e. The molecule has 0 aliphatic carbocycles. The predicted molar refractivity (Wildman–Crippen MR) is 79.6 cm³/mol. The molecular weight excluding hydrogens is 364 g/mol. The summed E-state index contributed by atoms with van der Waals surface area (Å²) in [6, 6.07) is 0.666. The minimum absolute atomic E-state index is 0.181. The van der Waals surface area contributed by atoms with Gasteiger partial charge in [0, 0.05) is 4.88 Å². The second kappa shape index (κ2) is 6.54. The summed E-state index contributed by atoms with van der Waals surface area (Å²) in [6.45, 7) is -0.440. The Bertz CT molecular complexity index is 789. The van der Waals surface area contributed by atoms with Crippen molar-refractivity contribution in [2.75, 3.05) is 6.54 Å². The monoisotopic (exact) mass is 376 g/mol. The van der Waals surface area contributed by atoms with Crippen LogP contribution in [-0.4, -0.2) is 53.5 Å². The molecule has 4 amide bonds. The smallest absolute Gasteiger partial charge is 0.361 e.